The number of hydrogen-bond donors (Lipinski definition) is 0. The summed E-state index contributed by atoms with van der Waals surface area (Å²) in [4.78, 5) is 31.1. The van der Waals surface area contributed by atoms with Crippen LogP contribution in [0.1, 0.15) is 37.7 Å². The first-order valence-electron chi connectivity index (χ1n) is 10.2. The number of amides is 2. The Labute approximate surface area is 162 Å². The highest BCUT2D eigenvalue weighted by Crippen LogP contribution is 2.11. The van der Waals surface area contributed by atoms with Crippen molar-refractivity contribution in [2.75, 3.05) is 45.8 Å². The van der Waals surface area contributed by atoms with E-state index in [1.165, 1.54) is 32.4 Å². The molecule has 0 aliphatic carbocycles. The third-order valence-electron chi connectivity index (χ3n) is 5.47. The zero-order valence-electron chi connectivity index (χ0n) is 16.2. The second-order valence-corrected chi connectivity index (χ2v) is 7.46. The quantitative estimate of drug-likeness (QED) is 0.724. The summed E-state index contributed by atoms with van der Waals surface area (Å²) in [7, 11) is 0. The van der Waals surface area contributed by atoms with Crippen molar-refractivity contribution in [2.45, 2.75) is 32.1 Å². The molecule has 5 nitrogen and oxygen atoms in total. The van der Waals surface area contributed by atoms with Crippen molar-refractivity contribution >= 4 is 17.9 Å². The Morgan fingerprint density at radius 2 is 1.70 bits per heavy atom. The topological polar surface area (TPSA) is 43.9 Å². The molecule has 3 rings (SSSR count). The minimum absolute atomic E-state index is 0.0122. The molecular formula is C22H31N3O2. The van der Waals surface area contributed by atoms with Crippen LogP contribution in [0.2, 0.25) is 0 Å². The second-order valence-electron chi connectivity index (χ2n) is 7.46. The molecule has 0 spiro atoms. The number of piperidine rings is 1. The SMILES string of the molecule is O=C(C=Cc1ccccc1)N1CCC(=O)N(CCCN2CCCCC2)CC1. The van der Waals surface area contributed by atoms with Crippen molar-refractivity contribution in [3.05, 3.63) is 42.0 Å². The molecule has 0 unspecified atom stereocenters. The maximum absolute atomic E-state index is 12.5. The van der Waals surface area contributed by atoms with Crippen molar-refractivity contribution in [3.63, 3.8) is 0 Å². The Hall–Kier alpha value is -2.14. The number of hydrogen-bond acceptors (Lipinski definition) is 3. The van der Waals surface area contributed by atoms with Crippen molar-refractivity contribution < 1.29 is 9.59 Å². The summed E-state index contributed by atoms with van der Waals surface area (Å²) in [6.45, 7) is 6.05. The summed E-state index contributed by atoms with van der Waals surface area (Å²) in [5, 5.41) is 0. The predicted molar refractivity (Wildman–Crippen MR) is 108 cm³/mol. The molecule has 0 N–H and O–H groups in total. The molecule has 0 atom stereocenters. The molecular weight excluding hydrogens is 338 g/mol. The molecule has 2 amide bonds. The van der Waals surface area contributed by atoms with Crippen LogP contribution in [0.25, 0.3) is 6.08 Å². The highest BCUT2D eigenvalue weighted by molar-refractivity contribution is 5.92. The van der Waals surface area contributed by atoms with Gasteiger partial charge in [0.25, 0.3) is 0 Å². The normalized spacial score (nSPS) is 19.5. The maximum Gasteiger partial charge on any atom is 0.246 e. The van der Waals surface area contributed by atoms with E-state index in [1.54, 1.807) is 11.0 Å². The van der Waals surface area contributed by atoms with Gasteiger partial charge in [-0.05, 0) is 50.5 Å². The van der Waals surface area contributed by atoms with E-state index < -0.39 is 0 Å². The molecule has 2 saturated heterocycles. The van der Waals surface area contributed by atoms with Gasteiger partial charge in [0.1, 0.15) is 0 Å². The zero-order chi connectivity index (χ0) is 18.9. The van der Waals surface area contributed by atoms with Gasteiger partial charge in [-0.15, -0.1) is 0 Å². The standard InChI is InChI=1S/C22H31N3O2/c26-21(11-10-20-8-3-1-4-9-20)25-17-12-22(27)24(18-19-25)16-7-15-23-13-5-2-6-14-23/h1,3-4,8-11H,2,5-7,12-19H2. The fraction of sp³-hybridized carbons (Fsp3) is 0.545. The monoisotopic (exact) mass is 369 g/mol. The lowest BCUT2D eigenvalue weighted by molar-refractivity contribution is -0.130. The van der Waals surface area contributed by atoms with Crippen molar-refractivity contribution in [1.82, 2.24) is 14.7 Å². The number of carbonyl (C=O) groups is 2. The fourth-order valence-corrected chi connectivity index (χ4v) is 3.83. The van der Waals surface area contributed by atoms with Crippen LogP contribution in [0.5, 0.6) is 0 Å². The Morgan fingerprint density at radius 1 is 0.926 bits per heavy atom. The molecule has 2 fully saturated rings. The Balaban J connectivity index is 1.44. The van der Waals surface area contributed by atoms with Crippen LogP contribution in [-0.2, 0) is 9.59 Å². The average molecular weight is 370 g/mol. The summed E-state index contributed by atoms with van der Waals surface area (Å²) in [5.41, 5.74) is 1.01. The minimum Gasteiger partial charge on any atom is -0.341 e. The third kappa shape index (κ3) is 6.21. The third-order valence-corrected chi connectivity index (χ3v) is 5.47. The molecule has 0 radical (unpaired) electrons. The molecule has 1 aromatic rings. The first kappa shape index (κ1) is 19.6. The van der Waals surface area contributed by atoms with Gasteiger partial charge in [-0.1, -0.05) is 36.8 Å². The molecule has 0 saturated carbocycles. The van der Waals surface area contributed by atoms with Crippen molar-refractivity contribution in [1.29, 1.82) is 0 Å². The first-order valence-corrected chi connectivity index (χ1v) is 10.2. The molecule has 2 heterocycles. The van der Waals surface area contributed by atoms with Crippen molar-refractivity contribution in [3.8, 4) is 0 Å². The van der Waals surface area contributed by atoms with E-state index in [4.69, 9.17) is 0 Å². The molecule has 2 aliphatic heterocycles. The highest BCUT2D eigenvalue weighted by atomic mass is 16.2. The van der Waals surface area contributed by atoms with Crippen LogP contribution < -0.4 is 0 Å². The lowest BCUT2D eigenvalue weighted by atomic mass is 10.1. The number of carbonyl (C=O) groups excluding carboxylic acids is 2. The van der Waals surface area contributed by atoms with Gasteiger partial charge in [0.2, 0.25) is 11.8 Å². The van der Waals surface area contributed by atoms with E-state index in [9.17, 15) is 9.59 Å². The summed E-state index contributed by atoms with van der Waals surface area (Å²) >= 11 is 0. The summed E-state index contributed by atoms with van der Waals surface area (Å²) in [5.74, 6) is 0.165. The summed E-state index contributed by atoms with van der Waals surface area (Å²) < 4.78 is 0. The van der Waals surface area contributed by atoms with Gasteiger partial charge in [-0.25, -0.2) is 0 Å². The fourth-order valence-electron chi connectivity index (χ4n) is 3.83. The maximum atomic E-state index is 12.5. The van der Waals surface area contributed by atoms with Crippen molar-refractivity contribution in [2.24, 2.45) is 0 Å². The molecule has 0 bridgehead atoms. The lowest BCUT2D eigenvalue weighted by Gasteiger charge is -2.28. The zero-order valence-corrected chi connectivity index (χ0v) is 16.2. The van der Waals surface area contributed by atoms with Gasteiger partial charge in [0, 0.05) is 38.7 Å². The van der Waals surface area contributed by atoms with Gasteiger partial charge >= 0.3 is 0 Å². The lowest BCUT2D eigenvalue weighted by Crippen LogP contribution is -2.37. The van der Waals surface area contributed by atoms with Crippen LogP contribution in [0.15, 0.2) is 36.4 Å². The van der Waals surface area contributed by atoms with Gasteiger partial charge < -0.3 is 14.7 Å². The van der Waals surface area contributed by atoms with E-state index in [0.717, 1.165) is 25.1 Å². The molecule has 146 valence electrons. The molecule has 2 aliphatic rings. The highest BCUT2D eigenvalue weighted by Gasteiger charge is 2.22. The second kappa shape index (κ2) is 10.3. The smallest absolute Gasteiger partial charge is 0.246 e. The molecule has 1 aromatic carbocycles. The Kier molecular flexibility index (Phi) is 7.45. The number of likely N-dealkylation sites (tertiary alicyclic amines) is 1. The van der Waals surface area contributed by atoms with Crippen LogP contribution in [-0.4, -0.2) is 72.3 Å². The van der Waals surface area contributed by atoms with E-state index in [2.05, 4.69) is 4.90 Å². The van der Waals surface area contributed by atoms with Crippen LogP contribution in [0, 0.1) is 0 Å². The van der Waals surface area contributed by atoms with E-state index in [-0.39, 0.29) is 11.8 Å². The summed E-state index contributed by atoms with van der Waals surface area (Å²) in [6, 6.07) is 9.81. The van der Waals surface area contributed by atoms with Crippen LogP contribution in [0.4, 0.5) is 0 Å². The molecule has 0 aromatic heterocycles. The van der Waals surface area contributed by atoms with Gasteiger partial charge in [-0.2, -0.15) is 0 Å². The summed E-state index contributed by atoms with van der Waals surface area (Å²) in [6.07, 6.45) is 8.86. The van der Waals surface area contributed by atoms with Gasteiger partial charge in [-0.3, -0.25) is 9.59 Å². The number of nitrogens with zero attached hydrogens (tertiary/aromatic N) is 3. The van der Waals surface area contributed by atoms with Gasteiger partial charge in [0.15, 0.2) is 0 Å². The van der Waals surface area contributed by atoms with E-state index >= 15 is 0 Å². The Morgan fingerprint density at radius 3 is 2.48 bits per heavy atom. The molecule has 27 heavy (non-hydrogen) atoms. The largest absolute Gasteiger partial charge is 0.341 e. The van der Waals surface area contributed by atoms with Crippen LogP contribution >= 0.6 is 0 Å². The predicted octanol–water partition coefficient (Wildman–Crippen LogP) is 2.64. The van der Waals surface area contributed by atoms with Gasteiger partial charge in [0.05, 0.1) is 0 Å². The average Bonchev–Trinajstić information content (AvgIpc) is 2.90. The van der Waals surface area contributed by atoms with Crippen LogP contribution in [0.3, 0.4) is 0 Å². The van der Waals surface area contributed by atoms with E-state index in [0.29, 0.717) is 26.1 Å². The first-order chi connectivity index (χ1) is 13.2. The number of rotatable bonds is 6. The van der Waals surface area contributed by atoms with E-state index in [1.807, 2.05) is 41.3 Å². The Bertz CT molecular complexity index is 638. The molecule has 5 heteroatoms. The number of benzene rings is 1. The minimum atomic E-state index is -0.0122.